The molecule has 2 saturated heterocycles. The zero-order valence-electron chi connectivity index (χ0n) is 19.2. The van der Waals surface area contributed by atoms with Crippen LogP contribution in [0.1, 0.15) is 39.5 Å². The van der Waals surface area contributed by atoms with Gasteiger partial charge >= 0.3 is 5.97 Å². The van der Waals surface area contributed by atoms with Crippen molar-refractivity contribution in [2.45, 2.75) is 45.6 Å². The molecule has 2 heterocycles. The Morgan fingerprint density at radius 2 is 1.90 bits per heavy atom. The Hall–Kier alpha value is -2.01. The lowest BCUT2D eigenvalue weighted by Gasteiger charge is -2.46. The van der Waals surface area contributed by atoms with Gasteiger partial charge in [0.05, 0.1) is 13.0 Å². The Morgan fingerprint density at radius 1 is 1.16 bits per heavy atom. The van der Waals surface area contributed by atoms with E-state index in [2.05, 4.69) is 41.9 Å². The maximum Gasteiger partial charge on any atom is 0.311 e. The van der Waals surface area contributed by atoms with Gasteiger partial charge in [-0.1, -0.05) is 31.9 Å². The van der Waals surface area contributed by atoms with E-state index in [0.29, 0.717) is 5.92 Å². The third kappa shape index (κ3) is 3.86. The van der Waals surface area contributed by atoms with Crippen molar-refractivity contribution in [2.24, 2.45) is 23.2 Å². The summed E-state index contributed by atoms with van der Waals surface area (Å²) in [6, 6.07) is 8.30. The second-order valence-corrected chi connectivity index (χ2v) is 10.3. The van der Waals surface area contributed by atoms with Gasteiger partial charge in [-0.3, -0.25) is 9.69 Å². The molecule has 5 rings (SSSR count). The van der Waals surface area contributed by atoms with E-state index in [1.165, 1.54) is 24.9 Å². The van der Waals surface area contributed by atoms with Crippen LogP contribution in [0.15, 0.2) is 35.9 Å². The van der Waals surface area contributed by atoms with E-state index >= 15 is 0 Å². The molecule has 2 aliphatic carbocycles. The Morgan fingerprint density at radius 3 is 2.61 bits per heavy atom. The average molecular weight is 425 g/mol. The van der Waals surface area contributed by atoms with E-state index in [4.69, 9.17) is 9.47 Å². The topological polar surface area (TPSA) is 42.0 Å². The van der Waals surface area contributed by atoms with E-state index in [1.807, 2.05) is 12.1 Å². The van der Waals surface area contributed by atoms with E-state index in [0.717, 1.165) is 44.9 Å². The predicted octanol–water partition coefficient (Wildman–Crippen LogP) is 4.13. The van der Waals surface area contributed by atoms with Gasteiger partial charge in [0.1, 0.15) is 11.9 Å². The molecule has 0 spiro atoms. The molecule has 3 fully saturated rings. The maximum absolute atomic E-state index is 12.9. The van der Waals surface area contributed by atoms with Crippen LogP contribution >= 0.6 is 0 Å². The molecule has 2 aliphatic heterocycles. The molecule has 0 unspecified atom stereocenters. The van der Waals surface area contributed by atoms with Crippen LogP contribution in [0, 0.1) is 23.2 Å². The summed E-state index contributed by atoms with van der Waals surface area (Å²) in [6.45, 7) is 9.52. The first-order chi connectivity index (χ1) is 15.0. The standard InChI is InChI=1S/C26H36N2O3/c1-18-5-4-10-26(2)16-24-21(15-23(18)26)22(25(29)31-24)17-27-11-13-28(14-12-27)19-6-8-20(30-3)9-7-19/h6-9,15,18,21-22,24H,4-5,10-14,16-17H2,1-3H3/t18-,21+,22-,24-,26+/m1/s1. The molecule has 0 bridgehead atoms. The van der Waals surface area contributed by atoms with Gasteiger partial charge in [0, 0.05) is 44.3 Å². The number of methoxy groups -OCH3 is 1. The number of nitrogens with zero attached hydrogens (tertiary/aromatic N) is 2. The monoisotopic (exact) mass is 424 g/mol. The summed E-state index contributed by atoms with van der Waals surface area (Å²) in [4.78, 5) is 17.7. The quantitative estimate of drug-likeness (QED) is 0.537. The van der Waals surface area contributed by atoms with Gasteiger partial charge in [0.15, 0.2) is 0 Å². The number of hydrogen-bond donors (Lipinski definition) is 0. The summed E-state index contributed by atoms with van der Waals surface area (Å²) in [7, 11) is 1.70. The van der Waals surface area contributed by atoms with Gasteiger partial charge in [-0.2, -0.15) is 0 Å². The van der Waals surface area contributed by atoms with Crippen LogP contribution in [0.2, 0.25) is 0 Å². The van der Waals surface area contributed by atoms with Gasteiger partial charge in [0.2, 0.25) is 0 Å². The molecular weight excluding hydrogens is 388 g/mol. The molecule has 0 radical (unpaired) electrons. The maximum atomic E-state index is 12.9. The first-order valence-electron chi connectivity index (χ1n) is 12.0. The molecular formula is C26H36N2O3. The number of carbonyl (C=O) groups excluding carboxylic acids is 1. The third-order valence-corrected chi connectivity index (χ3v) is 8.35. The van der Waals surface area contributed by atoms with Crippen molar-refractivity contribution in [3.63, 3.8) is 0 Å². The van der Waals surface area contributed by atoms with Gasteiger partial charge in [-0.15, -0.1) is 0 Å². The molecule has 5 heteroatoms. The molecule has 31 heavy (non-hydrogen) atoms. The van der Waals surface area contributed by atoms with E-state index in [9.17, 15) is 4.79 Å². The van der Waals surface area contributed by atoms with E-state index in [-0.39, 0.29) is 29.3 Å². The minimum absolute atomic E-state index is 0.0105. The molecule has 168 valence electrons. The highest BCUT2D eigenvalue weighted by atomic mass is 16.6. The highest BCUT2D eigenvalue weighted by Gasteiger charge is 2.52. The van der Waals surface area contributed by atoms with Crippen LogP contribution in [0.3, 0.4) is 0 Å². The summed E-state index contributed by atoms with van der Waals surface area (Å²) < 4.78 is 11.2. The molecule has 0 amide bonds. The number of allylic oxidation sites excluding steroid dienone is 1. The summed E-state index contributed by atoms with van der Waals surface area (Å²) in [5, 5.41) is 0. The van der Waals surface area contributed by atoms with Crippen LogP contribution in [0.25, 0.3) is 0 Å². The highest BCUT2D eigenvalue weighted by molar-refractivity contribution is 5.76. The number of hydrogen-bond acceptors (Lipinski definition) is 5. The highest BCUT2D eigenvalue weighted by Crippen LogP contribution is 2.54. The van der Waals surface area contributed by atoms with Crippen molar-refractivity contribution < 1.29 is 14.3 Å². The summed E-state index contributed by atoms with van der Waals surface area (Å²) in [5.74, 6) is 1.81. The van der Waals surface area contributed by atoms with Crippen LogP contribution in [0.4, 0.5) is 5.69 Å². The SMILES string of the molecule is COc1ccc(N2CCN(C[C@H]3C(=O)O[C@@H]4C[C@]5(C)CCC[C@@H](C)C5=C[C@H]43)CC2)cc1. The number of benzene rings is 1. The average Bonchev–Trinajstić information content (AvgIpc) is 3.06. The van der Waals surface area contributed by atoms with Crippen molar-refractivity contribution in [3.8, 4) is 5.75 Å². The number of rotatable bonds is 4. The normalized spacial score (nSPS) is 35.8. The Kier molecular flexibility index (Phi) is 5.49. The van der Waals surface area contributed by atoms with E-state index in [1.54, 1.807) is 12.7 Å². The summed E-state index contributed by atoms with van der Waals surface area (Å²) in [6.07, 6.45) is 7.38. The molecule has 5 atom stereocenters. The van der Waals surface area contributed by atoms with Crippen molar-refractivity contribution in [2.75, 3.05) is 44.7 Å². The third-order valence-electron chi connectivity index (χ3n) is 8.35. The van der Waals surface area contributed by atoms with Crippen molar-refractivity contribution in [3.05, 3.63) is 35.9 Å². The summed E-state index contributed by atoms with van der Waals surface area (Å²) in [5.41, 5.74) is 3.08. The largest absolute Gasteiger partial charge is 0.497 e. The van der Waals surface area contributed by atoms with Gasteiger partial charge in [-0.05, 0) is 54.9 Å². The Labute approximate surface area is 186 Å². The second-order valence-electron chi connectivity index (χ2n) is 10.3. The fourth-order valence-electron chi connectivity index (χ4n) is 6.52. The number of ether oxygens (including phenoxy) is 2. The number of anilines is 1. The molecule has 1 saturated carbocycles. The first-order valence-corrected chi connectivity index (χ1v) is 12.0. The molecule has 1 aromatic carbocycles. The minimum atomic E-state index is -0.0105. The van der Waals surface area contributed by atoms with Crippen LogP contribution in [-0.4, -0.2) is 56.8 Å². The summed E-state index contributed by atoms with van der Waals surface area (Å²) >= 11 is 0. The molecule has 1 aromatic rings. The zero-order chi connectivity index (χ0) is 21.6. The predicted molar refractivity (Wildman–Crippen MR) is 122 cm³/mol. The lowest BCUT2D eigenvalue weighted by atomic mass is 9.59. The number of esters is 1. The Bertz CT molecular complexity index is 843. The zero-order valence-corrected chi connectivity index (χ0v) is 19.2. The van der Waals surface area contributed by atoms with E-state index < -0.39 is 0 Å². The van der Waals surface area contributed by atoms with Gasteiger partial charge in [0.25, 0.3) is 0 Å². The molecule has 0 aromatic heterocycles. The lowest BCUT2D eigenvalue weighted by molar-refractivity contribution is -0.145. The fraction of sp³-hybridized carbons (Fsp3) is 0.654. The van der Waals surface area contributed by atoms with Crippen LogP contribution < -0.4 is 9.64 Å². The van der Waals surface area contributed by atoms with Crippen molar-refractivity contribution >= 4 is 11.7 Å². The molecule has 0 N–H and O–H groups in total. The number of fused-ring (bicyclic) bond motifs is 2. The van der Waals surface area contributed by atoms with Gasteiger partial charge < -0.3 is 14.4 Å². The molecule has 5 nitrogen and oxygen atoms in total. The van der Waals surface area contributed by atoms with Gasteiger partial charge in [-0.25, -0.2) is 0 Å². The smallest absolute Gasteiger partial charge is 0.311 e. The first kappa shape index (κ1) is 20.9. The lowest BCUT2D eigenvalue weighted by Crippen LogP contribution is -2.49. The van der Waals surface area contributed by atoms with Crippen LogP contribution in [-0.2, 0) is 9.53 Å². The Balaban J connectivity index is 1.24. The fourth-order valence-corrected chi connectivity index (χ4v) is 6.52. The van der Waals surface area contributed by atoms with Crippen molar-refractivity contribution in [1.82, 2.24) is 4.90 Å². The van der Waals surface area contributed by atoms with Crippen molar-refractivity contribution in [1.29, 1.82) is 0 Å². The minimum Gasteiger partial charge on any atom is -0.497 e. The van der Waals surface area contributed by atoms with Crippen LogP contribution in [0.5, 0.6) is 5.75 Å². The second kappa shape index (κ2) is 8.16. The molecule has 4 aliphatic rings. The number of piperazine rings is 1. The number of carbonyl (C=O) groups is 1.